The van der Waals surface area contributed by atoms with Crippen LogP contribution in [0.1, 0.15) is 30.5 Å². The van der Waals surface area contributed by atoms with Crippen molar-refractivity contribution in [2.75, 3.05) is 32.7 Å². The van der Waals surface area contributed by atoms with Crippen LogP contribution < -0.4 is 0 Å². The van der Waals surface area contributed by atoms with Crippen LogP contribution in [-0.4, -0.2) is 57.8 Å². The van der Waals surface area contributed by atoms with Crippen molar-refractivity contribution in [2.24, 2.45) is 0 Å². The lowest BCUT2D eigenvalue weighted by Gasteiger charge is -2.34. The Morgan fingerprint density at radius 3 is 2.66 bits per heavy atom. The Morgan fingerprint density at radius 2 is 1.93 bits per heavy atom. The van der Waals surface area contributed by atoms with Gasteiger partial charge in [-0.05, 0) is 30.3 Å². The summed E-state index contributed by atoms with van der Waals surface area (Å²) >= 11 is 6.18. The highest BCUT2D eigenvalue weighted by molar-refractivity contribution is 6.30. The van der Waals surface area contributed by atoms with E-state index in [0.29, 0.717) is 23.7 Å². The zero-order valence-corrected chi connectivity index (χ0v) is 17.1. The molecular weight excluding hydrogens is 391 g/mol. The summed E-state index contributed by atoms with van der Waals surface area (Å²) in [6.07, 6.45) is 3.66. The van der Waals surface area contributed by atoms with Gasteiger partial charge in [0, 0.05) is 50.9 Å². The van der Waals surface area contributed by atoms with Crippen LogP contribution in [0.15, 0.2) is 48.8 Å². The highest BCUT2D eigenvalue weighted by Gasteiger charge is 2.28. The monoisotopic (exact) mass is 414 g/mol. The highest BCUT2D eigenvalue weighted by Crippen LogP contribution is 2.32. The Balaban J connectivity index is 1.67. The lowest BCUT2D eigenvalue weighted by molar-refractivity contribution is -0.133. The predicted octanol–water partition coefficient (Wildman–Crippen LogP) is 3.81. The second-order valence-electron chi connectivity index (χ2n) is 7.35. The molecular formula is C22H24ClFN4O. The van der Waals surface area contributed by atoms with Crippen LogP contribution in [0.3, 0.4) is 0 Å². The van der Waals surface area contributed by atoms with E-state index in [2.05, 4.69) is 16.8 Å². The van der Waals surface area contributed by atoms with Crippen molar-refractivity contribution < 1.29 is 9.18 Å². The fraction of sp³-hybridized carbons (Fsp3) is 0.364. The first-order valence-electron chi connectivity index (χ1n) is 9.94. The third-order valence-electron chi connectivity index (χ3n) is 5.69. The summed E-state index contributed by atoms with van der Waals surface area (Å²) in [4.78, 5) is 21.8. The topological polar surface area (TPSA) is 40.8 Å². The Kier molecular flexibility index (Phi) is 5.83. The van der Waals surface area contributed by atoms with Crippen LogP contribution >= 0.6 is 11.6 Å². The number of piperazine rings is 1. The molecule has 0 radical (unpaired) electrons. The zero-order chi connectivity index (χ0) is 20.4. The smallest absolute Gasteiger partial charge is 0.223 e. The molecule has 7 heteroatoms. The molecule has 0 N–H and O–H groups in total. The van der Waals surface area contributed by atoms with Gasteiger partial charge in [-0.15, -0.1) is 0 Å². The maximum atomic E-state index is 14.7. The van der Waals surface area contributed by atoms with Crippen LogP contribution in [0.4, 0.5) is 4.39 Å². The summed E-state index contributed by atoms with van der Waals surface area (Å²) in [5.74, 6) is -0.731. The molecule has 0 unspecified atom stereocenters. The van der Waals surface area contributed by atoms with Crippen molar-refractivity contribution in [1.82, 2.24) is 19.2 Å². The number of pyridine rings is 1. The molecule has 1 fully saturated rings. The van der Waals surface area contributed by atoms with Crippen molar-refractivity contribution in [2.45, 2.75) is 19.3 Å². The fourth-order valence-corrected chi connectivity index (χ4v) is 4.14. The van der Waals surface area contributed by atoms with E-state index in [-0.39, 0.29) is 18.1 Å². The summed E-state index contributed by atoms with van der Waals surface area (Å²) in [6.45, 7) is 6.27. The Labute approximate surface area is 174 Å². The van der Waals surface area contributed by atoms with E-state index < -0.39 is 5.92 Å². The second-order valence-corrected chi connectivity index (χ2v) is 7.79. The molecule has 0 spiro atoms. The first kappa shape index (κ1) is 19.9. The van der Waals surface area contributed by atoms with Crippen LogP contribution in [-0.2, 0) is 4.79 Å². The van der Waals surface area contributed by atoms with E-state index in [1.54, 1.807) is 36.7 Å². The number of fused-ring (bicyclic) bond motifs is 1. The average molecular weight is 415 g/mol. The molecule has 4 rings (SSSR count). The van der Waals surface area contributed by atoms with Crippen molar-refractivity contribution in [3.8, 4) is 0 Å². The summed E-state index contributed by atoms with van der Waals surface area (Å²) in [6, 6.07) is 10.2. The molecule has 3 aromatic rings. The number of aromatic nitrogens is 2. The summed E-state index contributed by atoms with van der Waals surface area (Å²) in [5, 5.41) is 0.561. The number of imidazole rings is 1. The van der Waals surface area contributed by atoms with Crippen molar-refractivity contribution in [3.63, 3.8) is 0 Å². The Bertz CT molecular complexity index is 1010. The largest absolute Gasteiger partial charge is 0.340 e. The lowest BCUT2D eigenvalue weighted by Crippen LogP contribution is -2.48. The van der Waals surface area contributed by atoms with Gasteiger partial charge in [0.2, 0.25) is 5.91 Å². The first-order valence-corrected chi connectivity index (χ1v) is 10.3. The molecule has 0 bridgehead atoms. The molecule has 0 aliphatic carbocycles. The SMILES string of the molecule is CCN1CCN(C(=O)C[C@H](c2ccccc2F)c2cnc3ccc(Cl)cn23)CC1. The van der Waals surface area contributed by atoms with Crippen molar-refractivity contribution in [3.05, 3.63) is 70.9 Å². The van der Waals surface area contributed by atoms with Gasteiger partial charge >= 0.3 is 0 Å². The minimum absolute atomic E-state index is 0.0333. The van der Waals surface area contributed by atoms with Gasteiger partial charge in [0.1, 0.15) is 11.5 Å². The number of hydrogen-bond donors (Lipinski definition) is 0. The van der Waals surface area contributed by atoms with Crippen molar-refractivity contribution in [1.29, 1.82) is 0 Å². The predicted molar refractivity (Wildman–Crippen MR) is 112 cm³/mol. The maximum Gasteiger partial charge on any atom is 0.223 e. The lowest BCUT2D eigenvalue weighted by atomic mass is 9.91. The first-order chi connectivity index (χ1) is 14.1. The Hall–Kier alpha value is -2.44. The third kappa shape index (κ3) is 4.14. The fourth-order valence-electron chi connectivity index (χ4n) is 3.98. The van der Waals surface area contributed by atoms with Gasteiger partial charge in [-0.2, -0.15) is 0 Å². The molecule has 1 atom stereocenters. The van der Waals surface area contributed by atoms with Gasteiger partial charge in [-0.1, -0.05) is 36.7 Å². The number of rotatable bonds is 5. The molecule has 1 aliphatic rings. The molecule has 1 saturated heterocycles. The summed E-state index contributed by atoms with van der Waals surface area (Å²) in [7, 11) is 0. The van der Waals surface area contributed by atoms with E-state index >= 15 is 0 Å². The molecule has 1 aromatic carbocycles. The van der Waals surface area contributed by atoms with Crippen LogP contribution in [0, 0.1) is 5.82 Å². The third-order valence-corrected chi connectivity index (χ3v) is 5.91. The molecule has 152 valence electrons. The standard InChI is InChI=1S/C22H24ClFN4O/c1-2-26-9-11-27(12-10-26)22(29)13-18(17-5-3-4-6-19(17)24)20-14-25-21-8-7-16(23)15-28(20)21/h3-8,14-15,18H,2,9-13H2,1H3/t18-/m1/s1. The van der Waals surface area contributed by atoms with Crippen molar-refractivity contribution >= 4 is 23.2 Å². The summed E-state index contributed by atoms with van der Waals surface area (Å²) in [5.41, 5.74) is 1.97. The normalized spacial score (nSPS) is 16.3. The van der Waals surface area contributed by atoms with Gasteiger partial charge in [0.15, 0.2) is 0 Å². The molecule has 5 nitrogen and oxygen atoms in total. The maximum absolute atomic E-state index is 14.7. The highest BCUT2D eigenvalue weighted by atomic mass is 35.5. The minimum atomic E-state index is -0.443. The van der Waals surface area contributed by atoms with Crippen LogP contribution in [0.2, 0.25) is 5.02 Å². The van der Waals surface area contributed by atoms with Crippen LogP contribution in [0.5, 0.6) is 0 Å². The molecule has 0 saturated carbocycles. The molecule has 3 heterocycles. The Morgan fingerprint density at radius 1 is 1.17 bits per heavy atom. The molecule has 1 amide bonds. The van der Waals surface area contributed by atoms with E-state index in [1.165, 1.54) is 6.07 Å². The number of halogens is 2. The van der Waals surface area contributed by atoms with Gasteiger partial charge in [-0.3, -0.25) is 4.79 Å². The minimum Gasteiger partial charge on any atom is -0.340 e. The number of carbonyl (C=O) groups is 1. The van der Waals surface area contributed by atoms with Gasteiger partial charge < -0.3 is 14.2 Å². The van der Waals surface area contributed by atoms with Crippen LogP contribution in [0.25, 0.3) is 5.65 Å². The van der Waals surface area contributed by atoms with E-state index in [4.69, 9.17) is 11.6 Å². The molecule has 2 aromatic heterocycles. The number of amides is 1. The number of hydrogen-bond acceptors (Lipinski definition) is 3. The number of likely N-dealkylation sites (N-methyl/N-ethyl adjacent to an activating group) is 1. The van der Waals surface area contributed by atoms with Gasteiger partial charge in [0.05, 0.1) is 10.7 Å². The second kappa shape index (κ2) is 8.51. The van der Waals surface area contributed by atoms with Gasteiger partial charge in [-0.25, -0.2) is 9.37 Å². The van der Waals surface area contributed by atoms with E-state index in [0.717, 1.165) is 31.0 Å². The molecule has 1 aliphatic heterocycles. The molecule has 29 heavy (non-hydrogen) atoms. The quantitative estimate of drug-likeness (QED) is 0.637. The number of carbonyl (C=O) groups excluding carboxylic acids is 1. The van der Waals surface area contributed by atoms with E-state index in [9.17, 15) is 9.18 Å². The average Bonchev–Trinajstić information content (AvgIpc) is 3.15. The number of nitrogens with zero attached hydrogens (tertiary/aromatic N) is 4. The summed E-state index contributed by atoms with van der Waals surface area (Å²) < 4.78 is 16.6. The number of benzene rings is 1. The van der Waals surface area contributed by atoms with E-state index in [1.807, 2.05) is 15.4 Å². The van der Waals surface area contributed by atoms with Gasteiger partial charge in [0.25, 0.3) is 0 Å². The zero-order valence-electron chi connectivity index (χ0n) is 16.4.